The molecule has 3 heteroatoms. The fourth-order valence-corrected chi connectivity index (χ4v) is 0.902. The van der Waals surface area contributed by atoms with Crippen molar-refractivity contribution in [1.82, 2.24) is 4.98 Å². The predicted octanol–water partition coefficient (Wildman–Crippen LogP) is 2.56. The Kier molecular flexibility index (Phi) is 3.73. The lowest BCUT2D eigenvalue weighted by Crippen LogP contribution is -1.83. The molecule has 0 aliphatic heterocycles. The van der Waals surface area contributed by atoms with Crippen molar-refractivity contribution in [3.63, 3.8) is 0 Å². The van der Waals surface area contributed by atoms with Gasteiger partial charge in [-0.3, -0.25) is 4.98 Å². The van der Waals surface area contributed by atoms with Crippen LogP contribution in [-0.4, -0.2) is 17.5 Å². The van der Waals surface area contributed by atoms with Gasteiger partial charge in [-0.1, -0.05) is 6.07 Å². The zero-order chi connectivity index (χ0) is 10.4. The van der Waals surface area contributed by atoms with Gasteiger partial charge in [0.15, 0.2) is 0 Å². The molecule has 0 radical (unpaired) electrons. The van der Waals surface area contributed by atoms with Crippen LogP contribution in [0.3, 0.4) is 0 Å². The van der Waals surface area contributed by atoms with Gasteiger partial charge in [0.05, 0.1) is 0 Å². The average molecular weight is 187 g/mol. The van der Waals surface area contributed by atoms with E-state index in [-0.39, 0.29) is 0 Å². The second kappa shape index (κ2) is 5.07. The molecule has 0 unspecified atom stereocenters. The van der Waals surface area contributed by atoms with Crippen molar-refractivity contribution in [2.75, 3.05) is 0 Å². The maximum atomic E-state index is 4.12. The summed E-state index contributed by atoms with van der Waals surface area (Å²) in [6.45, 7) is 7.18. The summed E-state index contributed by atoms with van der Waals surface area (Å²) in [6.07, 6.45) is 5.32. The van der Waals surface area contributed by atoms with Gasteiger partial charge in [0.1, 0.15) is 5.84 Å². The van der Waals surface area contributed by atoms with Crippen LogP contribution in [-0.2, 0) is 0 Å². The number of pyridine rings is 1. The summed E-state index contributed by atoms with van der Waals surface area (Å²) in [6, 6.07) is 3.89. The first kappa shape index (κ1) is 10.3. The van der Waals surface area contributed by atoms with E-state index < -0.39 is 0 Å². The second-order valence-corrected chi connectivity index (χ2v) is 2.89. The first-order chi connectivity index (χ1) is 6.74. The maximum Gasteiger partial charge on any atom is 0.124 e. The molecule has 0 aliphatic rings. The summed E-state index contributed by atoms with van der Waals surface area (Å²) < 4.78 is 0. The predicted molar refractivity (Wildman–Crippen MR) is 60.5 cm³/mol. The second-order valence-electron chi connectivity index (χ2n) is 2.89. The summed E-state index contributed by atoms with van der Waals surface area (Å²) in [5.74, 6) is 0.660. The third-order valence-corrected chi connectivity index (χ3v) is 1.79. The van der Waals surface area contributed by atoms with Crippen LogP contribution in [0.25, 0.3) is 5.57 Å². The summed E-state index contributed by atoms with van der Waals surface area (Å²) in [5.41, 5.74) is 2.12. The number of rotatable bonds is 2. The van der Waals surface area contributed by atoms with Crippen LogP contribution < -0.4 is 0 Å². The molecule has 1 aromatic rings. The molecule has 0 bridgehead atoms. The molecule has 72 valence electrons. The molecule has 1 heterocycles. The Bertz CT molecular complexity index is 363. The number of aliphatic imine (C=N–C) groups is 2. The standard InChI is InChI=1S/C11H13N3/c1-9(7-14-10(2)12-3)11-5-4-6-13-8-11/h4-8H,3H2,1-2H3/b9-7+,14-10?. The third-order valence-electron chi connectivity index (χ3n) is 1.79. The van der Waals surface area contributed by atoms with E-state index in [1.54, 1.807) is 25.5 Å². The Morgan fingerprint density at radius 3 is 2.86 bits per heavy atom. The van der Waals surface area contributed by atoms with Gasteiger partial charge in [0.25, 0.3) is 0 Å². The first-order valence-electron chi connectivity index (χ1n) is 4.32. The number of nitrogens with zero attached hydrogens (tertiary/aromatic N) is 3. The van der Waals surface area contributed by atoms with Crippen molar-refractivity contribution in [3.05, 3.63) is 36.3 Å². The van der Waals surface area contributed by atoms with Gasteiger partial charge >= 0.3 is 0 Å². The van der Waals surface area contributed by atoms with Crippen LogP contribution in [0.1, 0.15) is 19.4 Å². The molecule has 0 N–H and O–H groups in total. The molecule has 0 amide bonds. The third kappa shape index (κ3) is 2.94. The lowest BCUT2D eigenvalue weighted by atomic mass is 10.1. The van der Waals surface area contributed by atoms with E-state index in [2.05, 4.69) is 21.7 Å². The molecule has 0 saturated heterocycles. The van der Waals surface area contributed by atoms with Gasteiger partial charge in [0.2, 0.25) is 0 Å². The molecule has 0 aromatic carbocycles. The summed E-state index contributed by atoms with van der Waals surface area (Å²) in [7, 11) is 0. The highest BCUT2D eigenvalue weighted by Crippen LogP contribution is 2.11. The number of aromatic nitrogens is 1. The van der Waals surface area contributed by atoms with Crippen molar-refractivity contribution < 1.29 is 0 Å². The van der Waals surface area contributed by atoms with Crippen molar-refractivity contribution in [2.45, 2.75) is 13.8 Å². The van der Waals surface area contributed by atoms with Crippen LogP contribution in [0.15, 0.2) is 40.7 Å². The number of hydrogen-bond donors (Lipinski definition) is 0. The van der Waals surface area contributed by atoms with E-state index in [1.165, 1.54) is 0 Å². The highest BCUT2D eigenvalue weighted by molar-refractivity contribution is 5.84. The first-order valence-corrected chi connectivity index (χ1v) is 4.32. The fourth-order valence-electron chi connectivity index (χ4n) is 0.902. The molecule has 1 aromatic heterocycles. The zero-order valence-corrected chi connectivity index (χ0v) is 8.44. The van der Waals surface area contributed by atoms with Crippen LogP contribution in [0.2, 0.25) is 0 Å². The zero-order valence-electron chi connectivity index (χ0n) is 8.44. The molecule has 0 saturated carbocycles. The van der Waals surface area contributed by atoms with Crippen LogP contribution in [0.4, 0.5) is 0 Å². The van der Waals surface area contributed by atoms with E-state index in [0.29, 0.717) is 5.84 Å². The average Bonchev–Trinajstić information content (AvgIpc) is 2.26. The van der Waals surface area contributed by atoms with Crippen molar-refractivity contribution in [2.24, 2.45) is 9.98 Å². The normalized spacial score (nSPS) is 12.7. The Labute approximate surface area is 83.9 Å². The van der Waals surface area contributed by atoms with Crippen LogP contribution >= 0.6 is 0 Å². The Hall–Kier alpha value is -1.77. The van der Waals surface area contributed by atoms with Gasteiger partial charge in [0, 0.05) is 18.6 Å². The van der Waals surface area contributed by atoms with E-state index >= 15 is 0 Å². The summed E-state index contributed by atoms with van der Waals surface area (Å²) >= 11 is 0. The van der Waals surface area contributed by atoms with Crippen molar-refractivity contribution in [3.8, 4) is 0 Å². The SMILES string of the molecule is C=NC(C)=N/C=C(\C)c1cccnc1. The van der Waals surface area contributed by atoms with Crippen LogP contribution in [0.5, 0.6) is 0 Å². The number of amidine groups is 1. The minimum absolute atomic E-state index is 0.660. The molecule has 0 spiro atoms. The van der Waals surface area contributed by atoms with Crippen LogP contribution in [0, 0.1) is 0 Å². The highest BCUT2D eigenvalue weighted by Gasteiger charge is 1.92. The Morgan fingerprint density at radius 2 is 2.29 bits per heavy atom. The molecule has 1 rings (SSSR count). The lowest BCUT2D eigenvalue weighted by Gasteiger charge is -1.97. The minimum atomic E-state index is 0.660. The van der Waals surface area contributed by atoms with Gasteiger partial charge in [-0.2, -0.15) is 0 Å². The van der Waals surface area contributed by atoms with Crippen molar-refractivity contribution >= 4 is 18.1 Å². The highest BCUT2D eigenvalue weighted by atomic mass is 14.9. The molecule has 0 atom stereocenters. The van der Waals surface area contributed by atoms with Gasteiger partial charge in [-0.15, -0.1) is 0 Å². The van der Waals surface area contributed by atoms with Gasteiger partial charge in [-0.25, -0.2) is 9.98 Å². The van der Waals surface area contributed by atoms with E-state index in [9.17, 15) is 0 Å². The number of hydrogen-bond acceptors (Lipinski definition) is 2. The summed E-state index contributed by atoms with van der Waals surface area (Å²) in [4.78, 5) is 11.8. The quantitative estimate of drug-likeness (QED) is 0.518. The molecule has 3 nitrogen and oxygen atoms in total. The van der Waals surface area contributed by atoms with E-state index in [0.717, 1.165) is 11.1 Å². The number of allylic oxidation sites excluding steroid dienone is 1. The molecular formula is C11H13N3. The molecule has 0 aliphatic carbocycles. The lowest BCUT2D eigenvalue weighted by molar-refractivity contribution is 1.30. The smallest absolute Gasteiger partial charge is 0.124 e. The topological polar surface area (TPSA) is 37.6 Å². The van der Waals surface area contributed by atoms with Gasteiger partial charge < -0.3 is 0 Å². The summed E-state index contributed by atoms with van der Waals surface area (Å²) in [5, 5.41) is 0. The Morgan fingerprint density at radius 1 is 1.50 bits per heavy atom. The van der Waals surface area contributed by atoms with E-state index in [4.69, 9.17) is 0 Å². The molecule has 0 fully saturated rings. The van der Waals surface area contributed by atoms with E-state index in [1.807, 2.05) is 19.1 Å². The fraction of sp³-hybridized carbons (Fsp3) is 0.182. The minimum Gasteiger partial charge on any atom is -0.264 e. The Balaban J connectivity index is 2.86. The molecule has 14 heavy (non-hydrogen) atoms. The maximum absolute atomic E-state index is 4.12. The van der Waals surface area contributed by atoms with Crippen molar-refractivity contribution in [1.29, 1.82) is 0 Å². The molecular weight excluding hydrogens is 174 g/mol. The largest absolute Gasteiger partial charge is 0.264 e. The monoisotopic (exact) mass is 187 g/mol. The van der Waals surface area contributed by atoms with Gasteiger partial charge in [-0.05, 0) is 37.8 Å².